The molecule has 0 saturated heterocycles. The highest BCUT2D eigenvalue weighted by atomic mass is 35.5. The zero-order chi connectivity index (χ0) is 23.8. The topological polar surface area (TPSA) is 88.9 Å². The highest BCUT2D eigenvalue weighted by Crippen LogP contribution is 2.48. The Hall–Kier alpha value is -2.12. The van der Waals surface area contributed by atoms with E-state index in [2.05, 4.69) is 55.3 Å². The van der Waals surface area contributed by atoms with Crippen LogP contribution in [0.1, 0.15) is 46.7 Å². The standard InChI is InChI=1S/C23H31Cl2N5O2/c1-12-9-17(14(3)15(4)23(12,5)6)28-18-10-26-30(22(32)20(18)24)11-19(31)29-16-8-7-13(2)27-21(16)25/h7-8,10,12,14-15,17,28H,9,11H2,1-6H3,(H,29,31)/t12-,14+,15+,17+/m0/s1. The number of hydrogen-bond acceptors (Lipinski definition) is 5. The molecule has 0 bridgehead atoms. The van der Waals surface area contributed by atoms with Gasteiger partial charge in [-0.3, -0.25) is 9.59 Å². The molecule has 0 spiro atoms. The maximum absolute atomic E-state index is 12.8. The third kappa shape index (κ3) is 4.94. The van der Waals surface area contributed by atoms with Gasteiger partial charge in [-0.15, -0.1) is 0 Å². The lowest BCUT2D eigenvalue weighted by atomic mass is 9.58. The summed E-state index contributed by atoms with van der Waals surface area (Å²) >= 11 is 12.4. The van der Waals surface area contributed by atoms with Crippen LogP contribution in [0, 0.1) is 30.1 Å². The van der Waals surface area contributed by atoms with Crippen LogP contribution < -0.4 is 16.2 Å². The molecule has 4 atom stereocenters. The summed E-state index contributed by atoms with van der Waals surface area (Å²) in [6, 6.07) is 3.58. The van der Waals surface area contributed by atoms with Crippen molar-refractivity contribution >= 4 is 40.5 Å². The van der Waals surface area contributed by atoms with Crippen molar-refractivity contribution in [1.29, 1.82) is 0 Å². The quantitative estimate of drug-likeness (QED) is 0.588. The summed E-state index contributed by atoms with van der Waals surface area (Å²) in [4.78, 5) is 29.3. The van der Waals surface area contributed by atoms with Crippen LogP contribution in [0.5, 0.6) is 0 Å². The second-order valence-corrected chi connectivity index (χ2v) is 10.3. The van der Waals surface area contributed by atoms with E-state index in [4.69, 9.17) is 23.2 Å². The molecule has 32 heavy (non-hydrogen) atoms. The van der Waals surface area contributed by atoms with E-state index in [9.17, 15) is 9.59 Å². The molecule has 0 aromatic carbocycles. The Morgan fingerprint density at radius 2 is 1.91 bits per heavy atom. The molecule has 3 rings (SSSR count). The number of carbonyl (C=O) groups is 1. The minimum Gasteiger partial charge on any atom is -0.379 e. The summed E-state index contributed by atoms with van der Waals surface area (Å²) in [5.74, 6) is 0.973. The number of rotatable bonds is 5. The van der Waals surface area contributed by atoms with Gasteiger partial charge in [0, 0.05) is 11.7 Å². The van der Waals surface area contributed by atoms with Crippen molar-refractivity contribution in [2.75, 3.05) is 10.6 Å². The van der Waals surface area contributed by atoms with Gasteiger partial charge in [0.15, 0.2) is 5.15 Å². The lowest BCUT2D eigenvalue weighted by molar-refractivity contribution is -0.117. The molecule has 1 saturated carbocycles. The maximum Gasteiger partial charge on any atom is 0.288 e. The molecule has 0 aliphatic heterocycles. The van der Waals surface area contributed by atoms with Crippen molar-refractivity contribution in [2.24, 2.45) is 23.2 Å². The number of amides is 1. The van der Waals surface area contributed by atoms with Crippen molar-refractivity contribution in [2.45, 2.75) is 60.5 Å². The van der Waals surface area contributed by atoms with Crippen molar-refractivity contribution in [3.8, 4) is 0 Å². The van der Waals surface area contributed by atoms with Gasteiger partial charge in [-0.05, 0) is 48.6 Å². The normalized spacial score (nSPS) is 24.8. The summed E-state index contributed by atoms with van der Waals surface area (Å²) in [6.45, 7) is 12.9. The maximum atomic E-state index is 12.8. The smallest absolute Gasteiger partial charge is 0.288 e. The molecule has 1 aliphatic rings. The molecule has 9 heteroatoms. The second kappa shape index (κ2) is 9.40. The Morgan fingerprint density at radius 3 is 2.56 bits per heavy atom. The predicted octanol–water partition coefficient (Wildman–Crippen LogP) is 5.01. The van der Waals surface area contributed by atoms with Crippen molar-refractivity contribution in [3.05, 3.63) is 44.6 Å². The lowest BCUT2D eigenvalue weighted by Gasteiger charge is -2.50. The second-order valence-electron chi connectivity index (χ2n) is 9.53. The summed E-state index contributed by atoms with van der Waals surface area (Å²) < 4.78 is 1.04. The number of carbonyl (C=O) groups excluding carboxylic acids is 1. The number of aromatic nitrogens is 3. The van der Waals surface area contributed by atoms with Crippen LogP contribution in [0.2, 0.25) is 10.2 Å². The van der Waals surface area contributed by atoms with Crippen LogP contribution in [-0.2, 0) is 11.3 Å². The minimum atomic E-state index is -0.523. The van der Waals surface area contributed by atoms with Gasteiger partial charge in [-0.2, -0.15) is 5.10 Å². The molecule has 2 heterocycles. The van der Waals surface area contributed by atoms with E-state index in [0.717, 1.165) is 16.8 Å². The molecule has 2 aromatic heterocycles. The minimum absolute atomic E-state index is 0.0279. The van der Waals surface area contributed by atoms with Gasteiger partial charge >= 0.3 is 0 Å². The third-order valence-electron chi connectivity index (χ3n) is 7.36. The molecule has 1 aliphatic carbocycles. The van der Waals surface area contributed by atoms with Crippen LogP contribution >= 0.6 is 23.2 Å². The van der Waals surface area contributed by atoms with Crippen molar-refractivity contribution in [1.82, 2.24) is 14.8 Å². The Bertz CT molecular complexity index is 1070. The molecule has 0 unspecified atom stereocenters. The van der Waals surface area contributed by atoms with E-state index in [-0.39, 0.29) is 28.2 Å². The first kappa shape index (κ1) is 24.5. The van der Waals surface area contributed by atoms with Crippen LogP contribution in [0.15, 0.2) is 23.1 Å². The fraction of sp³-hybridized carbons (Fsp3) is 0.565. The SMILES string of the molecule is Cc1ccc(NC(=O)Cn2ncc(N[C@@H]3C[C@H](C)C(C)(C)[C@H](C)[C@H]3C)c(Cl)c2=O)c(Cl)n1. The van der Waals surface area contributed by atoms with E-state index in [1.165, 1.54) is 6.20 Å². The fourth-order valence-corrected chi connectivity index (χ4v) is 4.83. The number of halogens is 2. The lowest BCUT2D eigenvalue weighted by Crippen LogP contribution is -2.48. The first-order valence-electron chi connectivity index (χ1n) is 10.9. The molecule has 0 radical (unpaired) electrons. The molecule has 2 N–H and O–H groups in total. The van der Waals surface area contributed by atoms with Crippen LogP contribution in [0.25, 0.3) is 0 Å². The van der Waals surface area contributed by atoms with E-state index in [1.807, 2.05) is 0 Å². The Balaban J connectivity index is 1.72. The summed E-state index contributed by atoms with van der Waals surface area (Å²) in [5.41, 5.74) is 1.32. The van der Waals surface area contributed by atoms with E-state index < -0.39 is 11.5 Å². The Kier molecular flexibility index (Phi) is 7.20. The fourth-order valence-electron chi connectivity index (χ4n) is 4.39. The van der Waals surface area contributed by atoms with Gasteiger partial charge in [0.25, 0.3) is 5.56 Å². The van der Waals surface area contributed by atoms with Gasteiger partial charge in [-0.25, -0.2) is 9.67 Å². The number of hydrogen-bond donors (Lipinski definition) is 2. The number of anilines is 2. The largest absolute Gasteiger partial charge is 0.379 e. The highest BCUT2D eigenvalue weighted by molar-refractivity contribution is 6.33. The van der Waals surface area contributed by atoms with Crippen LogP contribution in [-0.4, -0.2) is 26.7 Å². The average molecular weight is 480 g/mol. The third-order valence-corrected chi connectivity index (χ3v) is 8.01. The first-order valence-corrected chi connectivity index (χ1v) is 11.6. The number of pyridine rings is 1. The summed E-state index contributed by atoms with van der Waals surface area (Å²) in [7, 11) is 0. The highest BCUT2D eigenvalue weighted by Gasteiger charge is 2.43. The van der Waals surface area contributed by atoms with Crippen molar-refractivity contribution in [3.63, 3.8) is 0 Å². The monoisotopic (exact) mass is 479 g/mol. The van der Waals surface area contributed by atoms with E-state index in [0.29, 0.717) is 29.1 Å². The zero-order valence-corrected chi connectivity index (χ0v) is 20.9. The van der Waals surface area contributed by atoms with Crippen LogP contribution in [0.4, 0.5) is 11.4 Å². The Morgan fingerprint density at radius 1 is 1.22 bits per heavy atom. The van der Waals surface area contributed by atoms with Gasteiger partial charge in [0.1, 0.15) is 11.6 Å². The molecular weight excluding hydrogens is 449 g/mol. The number of aryl methyl sites for hydroxylation is 1. The van der Waals surface area contributed by atoms with E-state index >= 15 is 0 Å². The van der Waals surface area contributed by atoms with E-state index in [1.54, 1.807) is 19.1 Å². The number of nitrogens with zero attached hydrogens (tertiary/aromatic N) is 3. The Labute approximate surface area is 198 Å². The average Bonchev–Trinajstić information content (AvgIpc) is 2.72. The predicted molar refractivity (Wildman–Crippen MR) is 129 cm³/mol. The van der Waals surface area contributed by atoms with Gasteiger partial charge in [0.2, 0.25) is 5.91 Å². The molecule has 174 valence electrons. The number of nitrogens with one attached hydrogen (secondary N) is 2. The summed E-state index contributed by atoms with van der Waals surface area (Å²) in [6.07, 6.45) is 2.49. The molecular formula is C23H31Cl2N5O2. The molecule has 7 nitrogen and oxygen atoms in total. The summed E-state index contributed by atoms with van der Waals surface area (Å²) in [5, 5.41) is 10.5. The van der Waals surface area contributed by atoms with Gasteiger partial charge < -0.3 is 10.6 Å². The molecule has 1 amide bonds. The zero-order valence-electron chi connectivity index (χ0n) is 19.4. The molecule has 2 aromatic rings. The van der Waals surface area contributed by atoms with Crippen molar-refractivity contribution < 1.29 is 4.79 Å². The molecule has 1 fully saturated rings. The van der Waals surface area contributed by atoms with Gasteiger partial charge in [0.05, 0.1) is 17.6 Å². The van der Waals surface area contributed by atoms with Crippen LogP contribution in [0.3, 0.4) is 0 Å². The first-order chi connectivity index (χ1) is 14.9. The van der Waals surface area contributed by atoms with Gasteiger partial charge in [-0.1, -0.05) is 57.8 Å².